The van der Waals surface area contributed by atoms with Gasteiger partial charge in [0.05, 0.1) is 24.9 Å². The summed E-state index contributed by atoms with van der Waals surface area (Å²) in [5.41, 5.74) is 0.186. The summed E-state index contributed by atoms with van der Waals surface area (Å²) in [5, 5.41) is 9.07. The molecule has 27 heavy (non-hydrogen) atoms. The van der Waals surface area contributed by atoms with Gasteiger partial charge in [0.2, 0.25) is 0 Å². The molecule has 1 saturated carbocycles. The van der Waals surface area contributed by atoms with E-state index in [1.807, 2.05) is 0 Å². The van der Waals surface area contributed by atoms with Gasteiger partial charge in [0.1, 0.15) is 6.79 Å². The van der Waals surface area contributed by atoms with E-state index >= 15 is 0 Å². The van der Waals surface area contributed by atoms with E-state index in [0.717, 1.165) is 38.3 Å². The van der Waals surface area contributed by atoms with E-state index in [4.69, 9.17) is 24.1 Å². The summed E-state index contributed by atoms with van der Waals surface area (Å²) >= 11 is 0. The number of hydrogen-bond acceptors (Lipinski definition) is 5. The van der Waals surface area contributed by atoms with Gasteiger partial charge in [-0.2, -0.15) is 0 Å². The Kier molecular flexibility index (Phi) is 8.13. The van der Waals surface area contributed by atoms with Gasteiger partial charge in [-0.15, -0.1) is 0 Å². The molecule has 0 amide bonds. The average molecular weight is 397 g/mol. The first-order valence-corrected chi connectivity index (χ1v) is 13.3. The van der Waals surface area contributed by atoms with Crippen LogP contribution in [0, 0.1) is 0 Å². The van der Waals surface area contributed by atoms with Crippen LogP contribution in [0.25, 0.3) is 0 Å². The number of rotatable bonds is 10. The van der Waals surface area contributed by atoms with Crippen molar-refractivity contribution in [2.45, 2.75) is 63.6 Å². The van der Waals surface area contributed by atoms with Crippen LogP contribution in [0.3, 0.4) is 0 Å². The summed E-state index contributed by atoms with van der Waals surface area (Å²) in [4.78, 5) is 11.1. The molecule has 1 aromatic carbocycles. The lowest BCUT2D eigenvalue weighted by Gasteiger charge is -2.29. The van der Waals surface area contributed by atoms with Crippen molar-refractivity contribution >= 4 is 14.0 Å². The molecule has 1 fully saturated rings. The summed E-state index contributed by atoms with van der Waals surface area (Å²) in [6.45, 7) is 8.15. The minimum absolute atomic E-state index is 0.0854. The molecule has 0 aliphatic heterocycles. The van der Waals surface area contributed by atoms with Crippen LogP contribution in [0.2, 0.25) is 25.7 Å². The maximum absolute atomic E-state index is 11.1. The van der Waals surface area contributed by atoms with Crippen LogP contribution in [-0.4, -0.2) is 51.9 Å². The largest absolute Gasteiger partial charge is 0.493 e. The Hall–Kier alpha value is -1.57. The second kappa shape index (κ2) is 10.1. The number of benzene rings is 1. The van der Waals surface area contributed by atoms with Gasteiger partial charge < -0.3 is 24.1 Å². The van der Waals surface area contributed by atoms with Crippen LogP contribution in [0.4, 0.5) is 0 Å². The van der Waals surface area contributed by atoms with Crippen LogP contribution in [0.5, 0.6) is 11.5 Å². The van der Waals surface area contributed by atoms with E-state index in [-0.39, 0.29) is 17.8 Å². The minimum atomic E-state index is -1.05. The third-order valence-electron chi connectivity index (χ3n) is 4.71. The van der Waals surface area contributed by atoms with Crippen molar-refractivity contribution in [2.24, 2.45) is 0 Å². The SMILES string of the molecule is COc1cc(C(=O)O)ccc1OC1CCC(OCOCC[Si](C)(C)C)CC1. The minimum Gasteiger partial charge on any atom is -0.493 e. The summed E-state index contributed by atoms with van der Waals surface area (Å²) in [5.74, 6) is 0.0511. The summed E-state index contributed by atoms with van der Waals surface area (Å²) in [7, 11) is 0.464. The summed E-state index contributed by atoms with van der Waals surface area (Å²) in [6.07, 6.45) is 3.94. The molecule has 0 saturated heterocycles. The molecule has 0 spiro atoms. The first kappa shape index (κ1) is 21.7. The lowest BCUT2D eigenvalue weighted by atomic mass is 9.95. The number of carboxylic acids is 1. The van der Waals surface area contributed by atoms with Crippen LogP contribution in [0.1, 0.15) is 36.0 Å². The Morgan fingerprint density at radius 1 is 1.11 bits per heavy atom. The predicted octanol–water partition coefficient (Wildman–Crippen LogP) is 4.41. The number of hydrogen-bond donors (Lipinski definition) is 1. The van der Waals surface area contributed by atoms with Gasteiger partial charge in [-0.25, -0.2) is 4.79 Å². The molecule has 0 atom stereocenters. The monoisotopic (exact) mass is 396 g/mol. The van der Waals surface area contributed by atoms with Crippen molar-refractivity contribution in [3.8, 4) is 11.5 Å². The number of ether oxygens (including phenoxy) is 4. The van der Waals surface area contributed by atoms with Crippen molar-refractivity contribution < 1.29 is 28.8 Å². The van der Waals surface area contributed by atoms with Crippen LogP contribution in [-0.2, 0) is 9.47 Å². The maximum atomic E-state index is 11.1. The Labute approximate surface area is 162 Å². The first-order valence-electron chi connectivity index (χ1n) is 9.56. The molecule has 1 aromatic rings. The smallest absolute Gasteiger partial charge is 0.335 e. The number of carbonyl (C=O) groups is 1. The molecule has 1 N–H and O–H groups in total. The fraction of sp³-hybridized carbons (Fsp3) is 0.650. The number of methoxy groups -OCH3 is 1. The maximum Gasteiger partial charge on any atom is 0.335 e. The summed E-state index contributed by atoms with van der Waals surface area (Å²) in [6, 6.07) is 5.84. The summed E-state index contributed by atoms with van der Waals surface area (Å²) < 4.78 is 22.8. The van der Waals surface area contributed by atoms with Crippen LogP contribution >= 0.6 is 0 Å². The molecule has 7 heteroatoms. The molecule has 1 aliphatic carbocycles. The highest BCUT2D eigenvalue weighted by Gasteiger charge is 2.24. The van der Waals surface area contributed by atoms with Gasteiger partial charge in [0.25, 0.3) is 0 Å². The van der Waals surface area contributed by atoms with Crippen molar-refractivity contribution in [3.05, 3.63) is 23.8 Å². The average Bonchev–Trinajstić information content (AvgIpc) is 2.62. The van der Waals surface area contributed by atoms with Gasteiger partial charge in [-0.1, -0.05) is 19.6 Å². The van der Waals surface area contributed by atoms with Gasteiger partial charge >= 0.3 is 5.97 Å². The van der Waals surface area contributed by atoms with Crippen LogP contribution < -0.4 is 9.47 Å². The molecule has 0 radical (unpaired) electrons. The highest BCUT2D eigenvalue weighted by Crippen LogP contribution is 2.32. The Morgan fingerprint density at radius 3 is 2.37 bits per heavy atom. The molecule has 2 rings (SSSR count). The molecule has 6 nitrogen and oxygen atoms in total. The predicted molar refractivity (Wildman–Crippen MR) is 107 cm³/mol. The van der Waals surface area contributed by atoms with E-state index < -0.39 is 14.0 Å². The standard InChI is InChI=1S/C20H32O6Si/c1-23-19-13-15(20(21)22)5-10-18(19)26-17-8-6-16(7-9-17)25-14-24-11-12-27(2,3)4/h5,10,13,16-17H,6-9,11-12,14H2,1-4H3,(H,21,22). The Bertz CT molecular complexity index is 605. The molecule has 1 aliphatic rings. The molecule has 0 unspecified atom stereocenters. The molecular formula is C20H32O6Si. The number of aromatic carboxylic acids is 1. The van der Waals surface area contributed by atoms with Crippen molar-refractivity contribution in [1.29, 1.82) is 0 Å². The third-order valence-corrected chi connectivity index (χ3v) is 6.41. The van der Waals surface area contributed by atoms with Gasteiger partial charge in [-0.3, -0.25) is 0 Å². The third kappa shape index (κ3) is 7.52. The number of carboxylic acid groups (broad SMARTS) is 1. The lowest BCUT2D eigenvalue weighted by molar-refractivity contribution is -0.102. The van der Waals surface area contributed by atoms with E-state index in [1.54, 1.807) is 6.07 Å². The lowest BCUT2D eigenvalue weighted by Crippen LogP contribution is -2.29. The fourth-order valence-corrected chi connectivity index (χ4v) is 3.73. The topological polar surface area (TPSA) is 74.2 Å². The Morgan fingerprint density at radius 2 is 1.78 bits per heavy atom. The highest BCUT2D eigenvalue weighted by molar-refractivity contribution is 6.76. The van der Waals surface area contributed by atoms with Gasteiger partial charge in [0.15, 0.2) is 11.5 Å². The van der Waals surface area contributed by atoms with E-state index in [1.165, 1.54) is 19.2 Å². The zero-order valence-electron chi connectivity index (χ0n) is 16.8. The second-order valence-electron chi connectivity index (χ2n) is 8.19. The van der Waals surface area contributed by atoms with Gasteiger partial charge in [-0.05, 0) is 49.9 Å². The normalized spacial score (nSPS) is 20.3. The molecule has 152 valence electrons. The Balaban J connectivity index is 1.72. The van der Waals surface area contributed by atoms with Crippen molar-refractivity contribution in [2.75, 3.05) is 20.5 Å². The second-order valence-corrected chi connectivity index (χ2v) is 13.8. The van der Waals surface area contributed by atoms with E-state index in [2.05, 4.69) is 19.6 Å². The molecule has 0 bridgehead atoms. The molecule has 0 heterocycles. The first-order chi connectivity index (χ1) is 12.8. The van der Waals surface area contributed by atoms with E-state index in [0.29, 0.717) is 18.3 Å². The molecular weight excluding hydrogens is 364 g/mol. The highest BCUT2D eigenvalue weighted by atomic mass is 28.3. The van der Waals surface area contributed by atoms with Crippen LogP contribution in [0.15, 0.2) is 18.2 Å². The van der Waals surface area contributed by atoms with E-state index in [9.17, 15) is 4.79 Å². The van der Waals surface area contributed by atoms with Gasteiger partial charge in [0, 0.05) is 14.7 Å². The van der Waals surface area contributed by atoms with Crippen molar-refractivity contribution in [3.63, 3.8) is 0 Å². The fourth-order valence-electron chi connectivity index (χ4n) is 2.98. The molecule has 0 aromatic heterocycles. The zero-order chi connectivity index (χ0) is 19.9. The zero-order valence-corrected chi connectivity index (χ0v) is 17.8. The quantitative estimate of drug-likeness (QED) is 0.359. The van der Waals surface area contributed by atoms with Crippen molar-refractivity contribution in [1.82, 2.24) is 0 Å².